The zero-order chi connectivity index (χ0) is 44.4. The second-order valence-corrected chi connectivity index (χ2v) is 18.7. The Balaban J connectivity index is 0.00000595. The van der Waals surface area contributed by atoms with Crippen molar-refractivity contribution in [2.75, 3.05) is 0 Å². The van der Waals surface area contributed by atoms with Crippen molar-refractivity contribution in [2.24, 2.45) is 0 Å². The van der Waals surface area contributed by atoms with E-state index in [1.807, 2.05) is 36.5 Å². The fourth-order valence-corrected chi connectivity index (χ4v) is 7.72. The third kappa shape index (κ3) is 8.41. The largest absolute Gasteiger partial charge is 0.507 e. The molecule has 0 atom stereocenters. The molecule has 8 aromatic rings. The van der Waals surface area contributed by atoms with Crippen LogP contribution in [0.3, 0.4) is 0 Å². The minimum absolute atomic E-state index is 0. The first-order valence-electron chi connectivity index (χ1n) is 21.9. The monoisotopic (exact) mass is 970 g/mol. The van der Waals surface area contributed by atoms with Crippen LogP contribution in [0, 0.1) is 12.9 Å². The number of phenols is 1. The minimum atomic E-state index is -2.32. The SMILES string of the molecule is [2H]C([2H])([2H])c1ccc(-n2c(-c3ccccc3O)nc3c(-c4[c-]c(-c5cc(-c6ccc(C(C)(C)C)cc6)ccn5)cc(C(C)(C)C)c4)cccc32)c(-c2ccc(C(C)(C)C)cc2)c1.[Pt]. The Morgan fingerprint density at radius 3 is 1.82 bits per heavy atom. The molecule has 2 heterocycles. The number of hydrogen-bond acceptors (Lipinski definition) is 3. The van der Waals surface area contributed by atoms with Gasteiger partial charge in [-0.15, -0.1) is 29.3 Å². The summed E-state index contributed by atoms with van der Waals surface area (Å²) in [4.78, 5) is 10.3. The molecule has 5 heteroatoms. The van der Waals surface area contributed by atoms with Gasteiger partial charge in [0.25, 0.3) is 0 Å². The van der Waals surface area contributed by atoms with Gasteiger partial charge in [0.2, 0.25) is 0 Å². The molecule has 0 aliphatic carbocycles. The van der Waals surface area contributed by atoms with Gasteiger partial charge >= 0.3 is 0 Å². The van der Waals surface area contributed by atoms with E-state index < -0.39 is 6.85 Å². The summed E-state index contributed by atoms with van der Waals surface area (Å²) in [6.45, 7) is 17.5. The van der Waals surface area contributed by atoms with Crippen LogP contribution in [0.5, 0.6) is 5.75 Å². The molecule has 0 radical (unpaired) electrons. The normalized spacial score (nSPS) is 13.1. The average molecular weight is 971 g/mol. The third-order valence-electron chi connectivity index (χ3n) is 11.3. The average Bonchev–Trinajstić information content (AvgIpc) is 3.62. The van der Waals surface area contributed by atoms with Crippen molar-refractivity contribution >= 4 is 11.0 Å². The van der Waals surface area contributed by atoms with Crippen LogP contribution >= 0.6 is 0 Å². The van der Waals surface area contributed by atoms with E-state index in [4.69, 9.17) is 14.1 Å². The van der Waals surface area contributed by atoms with E-state index in [1.165, 1.54) is 11.1 Å². The Morgan fingerprint density at radius 2 is 1.18 bits per heavy atom. The number of hydrogen-bond donors (Lipinski definition) is 1. The van der Waals surface area contributed by atoms with Crippen LogP contribution < -0.4 is 0 Å². The molecule has 2 aromatic heterocycles. The first-order valence-corrected chi connectivity index (χ1v) is 20.4. The van der Waals surface area contributed by atoms with Crippen molar-refractivity contribution in [3.63, 3.8) is 0 Å². The molecule has 0 saturated heterocycles. The predicted octanol–water partition coefficient (Wildman–Crippen LogP) is 14.5. The summed E-state index contributed by atoms with van der Waals surface area (Å²) in [6.07, 6.45) is 1.87. The number of pyridine rings is 1. The van der Waals surface area contributed by atoms with Gasteiger partial charge in [0.05, 0.1) is 22.3 Å². The zero-order valence-electron chi connectivity index (χ0n) is 38.9. The van der Waals surface area contributed by atoms with Gasteiger partial charge in [-0.2, -0.15) is 0 Å². The van der Waals surface area contributed by atoms with Gasteiger partial charge in [-0.25, -0.2) is 4.98 Å². The van der Waals surface area contributed by atoms with Crippen molar-refractivity contribution in [3.8, 4) is 67.5 Å². The Bertz CT molecular complexity index is 2950. The molecule has 4 nitrogen and oxygen atoms in total. The number of phenolic OH excluding ortho intramolecular Hbond substituents is 1. The van der Waals surface area contributed by atoms with Crippen molar-refractivity contribution in [3.05, 3.63) is 168 Å². The minimum Gasteiger partial charge on any atom is -0.507 e. The molecule has 0 amide bonds. The molecular weight excluding hydrogens is 914 g/mol. The number of aryl methyl sites for hydroxylation is 1. The van der Waals surface area contributed by atoms with E-state index in [0.29, 0.717) is 16.9 Å². The van der Waals surface area contributed by atoms with Gasteiger partial charge in [-0.05, 0) is 87.3 Å². The number of rotatable bonds is 6. The molecule has 0 aliphatic heterocycles. The van der Waals surface area contributed by atoms with Crippen LogP contribution in [0.4, 0.5) is 0 Å². The molecule has 0 unspecified atom stereocenters. The Labute approximate surface area is 374 Å². The predicted molar refractivity (Wildman–Crippen MR) is 247 cm³/mol. The van der Waals surface area contributed by atoms with Gasteiger partial charge < -0.3 is 5.11 Å². The maximum absolute atomic E-state index is 11.4. The smallest absolute Gasteiger partial charge is 0.148 e. The summed E-state index contributed by atoms with van der Waals surface area (Å²) in [6, 6.07) is 48.1. The maximum atomic E-state index is 11.4. The first-order chi connectivity index (χ1) is 29.2. The van der Waals surface area contributed by atoms with Crippen molar-refractivity contribution in [2.45, 2.75) is 85.4 Å². The van der Waals surface area contributed by atoms with E-state index in [9.17, 15) is 5.11 Å². The fraction of sp³-hybridized carbons (Fsp3) is 0.236. The Hall–Kier alpha value is -5.57. The molecule has 0 fully saturated rings. The van der Waals surface area contributed by atoms with Gasteiger partial charge in [-0.1, -0.05) is 164 Å². The first kappa shape index (κ1) is 38.6. The van der Waals surface area contributed by atoms with Gasteiger partial charge in [0.1, 0.15) is 11.6 Å². The van der Waals surface area contributed by atoms with Gasteiger partial charge in [0.15, 0.2) is 0 Å². The Kier molecular flexibility index (Phi) is 10.4. The summed E-state index contributed by atoms with van der Waals surface area (Å²) in [5.41, 5.74) is 13.7. The zero-order valence-corrected chi connectivity index (χ0v) is 38.2. The van der Waals surface area contributed by atoms with Crippen LogP contribution in [0.25, 0.3) is 72.7 Å². The molecule has 0 saturated carbocycles. The van der Waals surface area contributed by atoms with Crippen molar-refractivity contribution in [1.82, 2.24) is 14.5 Å². The second-order valence-electron chi connectivity index (χ2n) is 18.7. The van der Waals surface area contributed by atoms with Gasteiger partial charge in [0, 0.05) is 42.6 Å². The number of para-hydroxylation sites is 2. The van der Waals surface area contributed by atoms with Crippen LogP contribution in [-0.4, -0.2) is 19.6 Å². The maximum Gasteiger partial charge on any atom is 0.148 e. The van der Waals surface area contributed by atoms with Gasteiger partial charge in [-0.3, -0.25) is 9.55 Å². The van der Waals surface area contributed by atoms with Crippen molar-refractivity contribution < 1.29 is 30.3 Å². The molecule has 1 N–H and O–H groups in total. The number of aromatic nitrogens is 3. The summed E-state index contributed by atoms with van der Waals surface area (Å²) in [5.74, 6) is 0.613. The fourth-order valence-electron chi connectivity index (χ4n) is 7.72. The molecule has 0 bridgehead atoms. The molecule has 306 valence electrons. The van der Waals surface area contributed by atoms with Crippen molar-refractivity contribution in [1.29, 1.82) is 0 Å². The molecule has 0 aliphatic rings. The molecule has 8 rings (SSSR count). The third-order valence-corrected chi connectivity index (χ3v) is 11.3. The molecular formula is C55H54N3OPt-. The quantitative estimate of drug-likeness (QED) is 0.169. The number of aromatic hydroxyl groups is 1. The summed E-state index contributed by atoms with van der Waals surface area (Å²) < 4.78 is 27.1. The van der Waals surface area contributed by atoms with E-state index in [2.05, 4.69) is 152 Å². The summed E-state index contributed by atoms with van der Waals surface area (Å²) in [7, 11) is 0. The Morgan fingerprint density at radius 1 is 0.567 bits per heavy atom. The van der Waals surface area contributed by atoms with Crippen LogP contribution in [0.15, 0.2) is 140 Å². The summed E-state index contributed by atoms with van der Waals surface area (Å²) >= 11 is 0. The van der Waals surface area contributed by atoms with E-state index in [0.717, 1.165) is 61.4 Å². The summed E-state index contributed by atoms with van der Waals surface area (Å²) in [5, 5.41) is 11.4. The van der Waals surface area contributed by atoms with Crippen LogP contribution in [0.1, 0.15) is 88.7 Å². The molecule has 6 aromatic carbocycles. The number of nitrogens with zero attached hydrogens (tertiary/aromatic N) is 3. The van der Waals surface area contributed by atoms with E-state index in [-0.39, 0.29) is 48.6 Å². The van der Waals surface area contributed by atoms with Crippen LogP contribution in [0.2, 0.25) is 0 Å². The van der Waals surface area contributed by atoms with E-state index in [1.54, 1.807) is 24.3 Å². The van der Waals surface area contributed by atoms with Crippen LogP contribution in [-0.2, 0) is 37.3 Å². The number of benzene rings is 6. The standard InChI is InChI=1S/C55H54N3O.Pt/c1-35-18-27-48(46(30-35)37-21-25-42(26-22-37)54(5,6)7)58-49-16-13-15-44(51(49)57-52(58)45-14-11-12-17-50(45)59)39-31-40(33-43(32-39)55(8,9)10)47-34-38(28-29-56-47)36-19-23-41(24-20-36)53(2,3)4;/h11-30,32-34,59H,1-10H3;/q-1;/i1D3;. The molecule has 0 spiro atoms. The number of imidazole rings is 1. The topological polar surface area (TPSA) is 50.9 Å². The number of fused-ring (bicyclic) bond motifs is 1. The molecule has 60 heavy (non-hydrogen) atoms. The van der Waals surface area contributed by atoms with E-state index >= 15 is 0 Å². The second kappa shape index (κ2) is 16.1.